The zero-order valence-electron chi connectivity index (χ0n) is 17.6. The van der Waals surface area contributed by atoms with Gasteiger partial charge in [0.25, 0.3) is 0 Å². The summed E-state index contributed by atoms with van der Waals surface area (Å²) in [6.45, 7) is 4.68. The molecule has 0 unspecified atom stereocenters. The number of rotatable bonds is 7. The molecule has 1 fully saturated rings. The van der Waals surface area contributed by atoms with Crippen LogP contribution in [0.1, 0.15) is 41.5 Å². The Hall–Kier alpha value is -2.23. The lowest BCUT2D eigenvalue weighted by Gasteiger charge is -2.25. The number of methoxy groups -OCH3 is 1. The van der Waals surface area contributed by atoms with Crippen molar-refractivity contribution in [3.63, 3.8) is 0 Å². The van der Waals surface area contributed by atoms with Gasteiger partial charge in [0.05, 0.1) is 23.7 Å². The molecule has 0 spiro atoms. The van der Waals surface area contributed by atoms with Gasteiger partial charge in [0, 0.05) is 26.2 Å². The molecule has 1 atom stereocenters. The van der Waals surface area contributed by atoms with Crippen molar-refractivity contribution < 1.29 is 13.2 Å². The van der Waals surface area contributed by atoms with E-state index >= 15 is 0 Å². The van der Waals surface area contributed by atoms with Crippen LogP contribution in [0.5, 0.6) is 5.75 Å². The monoisotopic (exact) mass is 419 g/mol. The molecule has 0 amide bonds. The van der Waals surface area contributed by atoms with Gasteiger partial charge in [-0.15, -0.1) is 0 Å². The van der Waals surface area contributed by atoms with Crippen molar-refractivity contribution in [1.29, 1.82) is 0 Å². The van der Waals surface area contributed by atoms with E-state index < -0.39 is 10.0 Å². The Labute approximate surface area is 172 Å². The first-order valence-corrected chi connectivity index (χ1v) is 11.1. The Morgan fingerprint density at radius 2 is 1.93 bits per heavy atom. The normalized spacial score (nSPS) is 17.5. The summed E-state index contributed by atoms with van der Waals surface area (Å²) in [5, 5.41) is 6.13. The lowest BCUT2D eigenvalue weighted by molar-refractivity contribution is 0.382. The maximum atomic E-state index is 13.6. The van der Waals surface area contributed by atoms with Crippen LogP contribution < -0.4 is 15.4 Å². The van der Waals surface area contributed by atoms with Crippen LogP contribution in [0.3, 0.4) is 0 Å². The van der Waals surface area contributed by atoms with Gasteiger partial charge in [-0.2, -0.15) is 4.31 Å². The lowest BCUT2D eigenvalue weighted by Crippen LogP contribution is -2.32. The SMILES string of the molecule is CNCc1cc(NC)nc([C@H]2CCCN2S(=O)(=O)c2cc(C)c(OC)cc2C)n1. The summed E-state index contributed by atoms with van der Waals surface area (Å²) in [6.07, 6.45) is 1.46. The Morgan fingerprint density at radius 3 is 2.59 bits per heavy atom. The molecule has 8 nitrogen and oxygen atoms in total. The second-order valence-electron chi connectivity index (χ2n) is 7.24. The van der Waals surface area contributed by atoms with E-state index in [0.717, 1.165) is 17.7 Å². The van der Waals surface area contributed by atoms with Crippen molar-refractivity contribution in [2.75, 3.05) is 33.1 Å². The van der Waals surface area contributed by atoms with Crippen LogP contribution in [-0.4, -0.2) is 50.4 Å². The van der Waals surface area contributed by atoms with E-state index in [1.807, 2.05) is 20.0 Å². The molecule has 29 heavy (non-hydrogen) atoms. The number of aryl methyl sites for hydroxylation is 2. The molecule has 1 aliphatic rings. The fourth-order valence-electron chi connectivity index (χ4n) is 3.74. The van der Waals surface area contributed by atoms with E-state index in [4.69, 9.17) is 4.74 Å². The van der Waals surface area contributed by atoms with Gasteiger partial charge in [-0.25, -0.2) is 18.4 Å². The maximum absolute atomic E-state index is 13.6. The number of ether oxygens (including phenoxy) is 1. The van der Waals surface area contributed by atoms with Gasteiger partial charge in [0.1, 0.15) is 17.4 Å². The first-order valence-electron chi connectivity index (χ1n) is 9.69. The molecule has 3 rings (SSSR count). The number of benzene rings is 1. The number of anilines is 1. The van der Waals surface area contributed by atoms with Crippen LogP contribution in [0.2, 0.25) is 0 Å². The predicted molar refractivity (Wildman–Crippen MR) is 113 cm³/mol. The molecule has 158 valence electrons. The summed E-state index contributed by atoms with van der Waals surface area (Å²) in [7, 11) is 1.53. The minimum absolute atomic E-state index is 0.308. The highest BCUT2D eigenvalue weighted by molar-refractivity contribution is 7.89. The van der Waals surface area contributed by atoms with Gasteiger partial charge in [0.2, 0.25) is 10.0 Å². The predicted octanol–water partition coefficient (Wildman–Crippen LogP) is 2.39. The van der Waals surface area contributed by atoms with Gasteiger partial charge in [0.15, 0.2) is 0 Å². The van der Waals surface area contributed by atoms with E-state index in [9.17, 15) is 8.42 Å². The minimum atomic E-state index is -3.70. The fraction of sp³-hybridized carbons (Fsp3) is 0.500. The molecular weight excluding hydrogens is 390 g/mol. The third-order valence-electron chi connectivity index (χ3n) is 5.19. The quantitative estimate of drug-likeness (QED) is 0.711. The van der Waals surface area contributed by atoms with Gasteiger partial charge in [-0.05, 0) is 57.0 Å². The van der Waals surface area contributed by atoms with Crippen molar-refractivity contribution in [2.24, 2.45) is 0 Å². The van der Waals surface area contributed by atoms with Crippen LogP contribution in [0.25, 0.3) is 0 Å². The number of nitrogens with zero attached hydrogens (tertiary/aromatic N) is 3. The molecule has 2 aromatic rings. The zero-order valence-corrected chi connectivity index (χ0v) is 18.4. The zero-order chi connectivity index (χ0) is 21.2. The molecule has 0 bridgehead atoms. The molecule has 1 aromatic heterocycles. The minimum Gasteiger partial charge on any atom is -0.496 e. The highest BCUT2D eigenvalue weighted by Gasteiger charge is 2.39. The second kappa shape index (κ2) is 8.64. The summed E-state index contributed by atoms with van der Waals surface area (Å²) >= 11 is 0. The molecule has 2 heterocycles. The molecular formula is C20H29N5O3S. The summed E-state index contributed by atoms with van der Waals surface area (Å²) < 4.78 is 34.0. The topological polar surface area (TPSA) is 96.5 Å². The van der Waals surface area contributed by atoms with Crippen molar-refractivity contribution in [3.05, 3.63) is 40.8 Å². The smallest absolute Gasteiger partial charge is 0.244 e. The van der Waals surface area contributed by atoms with Gasteiger partial charge < -0.3 is 15.4 Å². The molecule has 0 radical (unpaired) electrons. The highest BCUT2D eigenvalue weighted by Crippen LogP contribution is 2.37. The van der Waals surface area contributed by atoms with Gasteiger partial charge >= 0.3 is 0 Å². The van der Waals surface area contributed by atoms with Gasteiger partial charge in [-0.3, -0.25) is 0 Å². The van der Waals surface area contributed by atoms with E-state index in [0.29, 0.717) is 47.4 Å². The lowest BCUT2D eigenvalue weighted by atomic mass is 10.1. The van der Waals surface area contributed by atoms with Crippen molar-refractivity contribution >= 4 is 15.8 Å². The molecule has 2 N–H and O–H groups in total. The molecule has 0 saturated carbocycles. The summed E-state index contributed by atoms with van der Waals surface area (Å²) in [5.41, 5.74) is 2.28. The molecule has 9 heteroatoms. The van der Waals surface area contributed by atoms with Crippen molar-refractivity contribution in [3.8, 4) is 5.75 Å². The highest BCUT2D eigenvalue weighted by atomic mass is 32.2. The first-order chi connectivity index (χ1) is 13.8. The van der Waals surface area contributed by atoms with Crippen molar-refractivity contribution in [1.82, 2.24) is 19.6 Å². The Kier molecular flexibility index (Phi) is 6.40. The average Bonchev–Trinajstić information content (AvgIpc) is 3.20. The number of hydrogen-bond acceptors (Lipinski definition) is 7. The Balaban J connectivity index is 2.03. The summed E-state index contributed by atoms with van der Waals surface area (Å²) in [4.78, 5) is 9.51. The summed E-state index contributed by atoms with van der Waals surface area (Å²) in [5.74, 6) is 1.90. The van der Waals surface area contributed by atoms with Crippen LogP contribution >= 0.6 is 0 Å². The Morgan fingerprint density at radius 1 is 1.17 bits per heavy atom. The van der Waals surface area contributed by atoms with E-state index in [1.165, 1.54) is 0 Å². The largest absolute Gasteiger partial charge is 0.496 e. The van der Waals surface area contributed by atoms with Crippen molar-refractivity contribution in [2.45, 2.75) is 44.2 Å². The molecule has 0 aliphatic carbocycles. The second-order valence-corrected chi connectivity index (χ2v) is 9.10. The van der Waals surface area contributed by atoms with Gasteiger partial charge in [-0.1, -0.05) is 0 Å². The number of aromatic nitrogens is 2. The standard InChI is InChI=1S/C20H29N5O3S/c1-13-10-18(14(2)9-17(13)28-5)29(26,27)25-8-6-7-16(25)20-23-15(12-21-3)11-19(22-4)24-20/h9-11,16,21H,6-8,12H2,1-5H3,(H,22,23,24)/t16-/m1/s1. The first kappa shape index (κ1) is 21.5. The molecule has 1 saturated heterocycles. The third kappa shape index (κ3) is 4.22. The third-order valence-corrected chi connectivity index (χ3v) is 7.24. The van der Waals surface area contributed by atoms with E-state index in [2.05, 4.69) is 20.6 Å². The van der Waals surface area contributed by atoms with E-state index in [-0.39, 0.29) is 6.04 Å². The number of nitrogens with one attached hydrogen (secondary N) is 2. The molecule has 1 aromatic carbocycles. The maximum Gasteiger partial charge on any atom is 0.244 e. The van der Waals surface area contributed by atoms with Crippen LogP contribution in [0.15, 0.2) is 23.1 Å². The van der Waals surface area contributed by atoms with E-state index in [1.54, 1.807) is 37.5 Å². The van der Waals surface area contributed by atoms with Crippen LogP contribution in [-0.2, 0) is 16.6 Å². The molecule has 1 aliphatic heterocycles. The van der Waals surface area contributed by atoms with Crippen LogP contribution in [0, 0.1) is 13.8 Å². The number of sulfonamides is 1. The van der Waals surface area contributed by atoms with Crippen LogP contribution in [0.4, 0.5) is 5.82 Å². The fourth-order valence-corrected chi connectivity index (χ4v) is 5.69. The number of hydrogen-bond donors (Lipinski definition) is 2. The summed E-state index contributed by atoms with van der Waals surface area (Å²) in [6, 6.07) is 4.95. The average molecular weight is 420 g/mol. The Bertz CT molecular complexity index is 994.